The number of esters is 1. The maximum atomic E-state index is 12.9. The number of rotatable bonds is 5. The smallest absolute Gasteiger partial charge is 0.337 e. The number of carbonyl (C=O) groups excluding carboxylic acids is 2. The Bertz CT molecular complexity index is 1220. The summed E-state index contributed by atoms with van der Waals surface area (Å²) >= 11 is 0. The molecule has 1 amide bonds. The SMILES string of the molecule is COC(=O)c1ccc(C(=O)Nc2ccccc2Cc2ccc3c(c2)C(C)(C)CCC3(C)C)cc1. The topological polar surface area (TPSA) is 55.4 Å². The van der Waals surface area contributed by atoms with E-state index in [1.165, 1.54) is 36.6 Å². The molecule has 0 fully saturated rings. The van der Waals surface area contributed by atoms with Gasteiger partial charge in [0.2, 0.25) is 0 Å². The van der Waals surface area contributed by atoms with Crippen molar-refractivity contribution in [3.63, 3.8) is 0 Å². The Balaban J connectivity index is 1.57. The van der Waals surface area contributed by atoms with Crippen molar-refractivity contribution in [1.29, 1.82) is 0 Å². The van der Waals surface area contributed by atoms with E-state index in [4.69, 9.17) is 4.74 Å². The van der Waals surface area contributed by atoms with Crippen LogP contribution in [0.4, 0.5) is 5.69 Å². The van der Waals surface area contributed by atoms with Crippen LogP contribution in [-0.2, 0) is 22.0 Å². The molecule has 0 aromatic heterocycles. The van der Waals surface area contributed by atoms with Crippen molar-refractivity contribution >= 4 is 17.6 Å². The highest BCUT2D eigenvalue weighted by Crippen LogP contribution is 2.46. The molecule has 1 N–H and O–H groups in total. The molecule has 0 unspecified atom stereocenters. The van der Waals surface area contributed by atoms with E-state index in [1.807, 2.05) is 18.2 Å². The van der Waals surface area contributed by atoms with Crippen LogP contribution in [0.3, 0.4) is 0 Å². The van der Waals surface area contributed by atoms with E-state index in [0.29, 0.717) is 11.1 Å². The van der Waals surface area contributed by atoms with Gasteiger partial charge in [-0.2, -0.15) is 0 Å². The molecule has 0 atom stereocenters. The van der Waals surface area contributed by atoms with Gasteiger partial charge in [-0.1, -0.05) is 64.1 Å². The Labute approximate surface area is 202 Å². The van der Waals surface area contributed by atoms with Crippen LogP contribution < -0.4 is 5.32 Å². The second-order valence-electron chi connectivity index (χ2n) is 10.5. The van der Waals surface area contributed by atoms with E-state index in [1.54, 1.807) is 24.3 Å². The molecule has 0 saturated heterocycles. The first-order valence-electron chi connectivity index (χ1n) is 11.8. The van der Waals surface area contributed by atoms with E-state index in [9.17, 15) is 9.59 Å². The summed E-state index contributed by atoms with van der Waals surface area (Å²) in [6, 6.07) is 21.3. The molecule has 0 spiro atoms. The number of nitrogens with one attached hydrogen (secondary N) is 1. The van der Waals surface area contributed by atoms with Crippen molar-refractivity contribution < 1.29 is 14.3 Å². The highest BCUT2D eigenvalue weighted by molar-refractivity contribution is 6.05. The fraction of sp³-hybridized carbons (Fsp3) is 0.333. The first-order chi connectivity index (χ1) is 16.1. The minimum atomic E-state index is -0.422. The molecule has 0 bridgehead atoms. The van der Waals surface area contributed by atoms with Gasteiger partial charge in [-0.05, 0) is 82.7 Å². The summed E-state index contributed by atoms with van der Waals surface area (Å²) in [6.45, 7) is 9.35. The van der Waals surface area contributed by atoms with Crippen LogP contribution in [0.15, 0.2) is 66.7 Å². The quantitative estimate of drug-likeness (QED) is 0.437. The number of fused-ring (bicyclic) bond motifs is 1. The summed E-state index contributed by atoms with van der Waals surface area (Å²) in [6.07, 6.45) is 3.11. The first-order valence-corrected chi connectivity index (χ1v) is 11.8. The lowest BCUT2D eigenvalue weighted by molar-refractivity contribution is 0.0600. The van der Waals surface area contributed by atoms with Gasteiger partial charge in [0, 0.05) is 11.3 Å². The molecule has 4 rings (SSSR count). The number of hydrogen-bond acceptors (Lipinski definition) is 3. The van der Waals surface area contributed by atoms with Crippen molar-refractivity contribution in [2.75, 3.05) is 12.4 Å². The Morgan fingerprint density at radius 3 is 2.12 bits per heavy atom. The van der Waals surface area contributed by atoms with Crippen LogP contribution in [0.25, 0.3) is 0 Å². The lowest BCUT2D eigenvalue weighted by Gasteiger charge is -2.42. The predicted molar refractivity (Wildman–Crippen MR) is 137 cm³/mol. The Hall–Kier alpha value is -3.40. The molecular formula is C30H33NO3. The molecule has 4 heteroatoms. The van der Waals surface area contributed by atoms with E-state index in [0.717, 1.165) is 17.7 Å². The third kappa shape index (κ3) is 4.77. The fourth-order valence-electron chi connectivity index (χ4n) is 4.83. The molecule has 0 aliphatic heterocycles. The second kappa shape index (κ2) is 9.09. The molecule has 1 aliphatic rings. The third-order valence-electron chi connectivity index (χ3n) is 7.15. The maximum Gasteiger partial charge on any atom is 0.337 e. The first kappa shape index (κ1) is 23.7. The number of benzene rings is 3. The number of methoxy groups -OCH3 is 1. The monoisotopic (exact) mass is 455 g/mol. The molecule has 176 valence electrons. The van der Waals surface area contributed by atoms with Gasteiger partial charge < -0.3 is 10.1 Å². The van der Waals surface area contributed by atoms with E-state index in [2.05, 4.69) is 57.3 Å². The highest BCUT2D eigenvalue weighted by atomic mass is 16.5. The summed E-state index contributed by atoms with van der Waals surface area (Å²) in [5, 5.41) is 3.05. The molecule has 0 radical (unpaired) electrons. The molecule has 3 aromatic carbocycles. The van der Waals surface area contributed by atoms with Gasteiger partial charge >= 0.3 is 5.97 Å². The minimum Gasteiger partial charge on any atom is -0.465 e. The fourth-order valence-corrected chi connectivity index (χ4v) is 4.83. The van der Waals surface area contributed by atoms with Gasteiger partial charge in [0.1, 0.15) is 0 Å². The average Bonchev–Trinajstić information content (AvgIpc) is 2.83. The van der Waals surface area contributed by atoms with Crippen LogP contribution in [-0.4, -0.2) is 19.0 Å². The van der Waals surface area contributed by atoms with Gasteiger partial charge in [0.25, 0.3) is 5.91 Å². The number of anilines is 1. The Morgan fingerprint density at radius 1 is 0.824 bits per heavy atom. The average molecular weight is 456 g/mol. The van der Waals surface area contributed by atoms with E-state index < -0.39 is 5.97 Å². The van der Waals surface area contributed by atoms with Crippen molar-refractivity contribution in [2.45, 2.75) is 57.8 Å². The second-order valence-corrected chi connectivity index (χ2v) is 10.5. The largest absolute Gasteiger partial charge is 0.465 e. The van der Waals surface area contributed by atoms with Crippen LogP contribution in [0.2, 0.25) is 0 Å². The number of amides is 1. The van der Waals surface area contributed by atoms with Crippen LogP contribution in [0, 0.1) is 0 Å². The van der Waals surface area contributed by atoms with E-state index >= 15 is 0 Å². The lowest BCUT2D eigenvalue weighted by Crippen LogP contribution is -2.33. The Kier molecular flexibility index (Phi) is 6.35. The number of para-hydroxylation sites is 1. The summed E-state index contributed by atoms with van der Waals surface area (Å²) in [5.74, 6) is -0.633. The van der Waals surface area contributed by atoms with Crippen molar-refractivity contribution in [1.82, 2.24) is 0 Å². The van der Waals surface area contributed by atoms with Crippen molar-refractivity contribution in [2.24, 2.45) is 0 Å². The zero-order valence-electron chi connectivity index (χ0n) is 20.7. The number of ether oxygens (including phenoxy) is 1. The number of carbonyl (C=O) groups is 2. The predicted octanol–water partition coefficient (Wildman–Crippen LogP) is 6.67. The summed E-state index contributed by atoms with van der Waals surface area (Å²) in [4.78, 5) is 24.5. The lowest BCUT2D eigenvalue weighted by atomic mass is 9.63. The molecule has 34 heavy (non-hydrogen) atoms. The number of hydrogen-bond donors (Lipinski definition) is 1. The van der Waals surface area contributed by atoms with Gasteiger partial charge in [-0.15, -0.1) is 0 Å². The van der Waals surface area contributed by atoms with Gasteiger partial charge in [0.15, 0.2) is 0 Å². The van der Waals surface area contributed by atoms with Crippen LogP contribution in [0.1, 0.15) is 83.5 Å². The molecule has 0 saturated carbocycles. The van der Waals surface area contributed by atoms with E-state index in [-0.39, 0.29) is 16.7 Å². The third-order valence-corrected chi connectivity index (χ3v) is 7.15. The zero-order valence-corrected chi connectivity index (χ0v) is 20.7. The Morgan fingerprint density at radius 2 is 1.44 bits per heavy atom. The summed E-state index contributed by atoms with van der Waals surface area (Å²) in [7, 11) is 1.34. The van der Waals surface area contributed by atoms with Gasteiger partial charge in [0.05, 0.1) is 12.7 Å². The summed E-state index contributed by atoms with van der Waals surface area (Å²) in [5.41, 5.74) is 7.24. The van der Waals surface area contributed by atoms with Gasteiger partial charge in [-0.25, -0.2) is 4.79 Å². The standard InChI is InChI=1S/C30H33NO3/c1-29(2)16-17-30(3,4)25-19-20(10-15-24(25)29)18-23-8-6-7-9-26(23)31-27(32)21-11-13-22(14-12-21)28(33)34-5/h6-15,19H,16-18H2,1-5H3,(H,31,32). The van der Waals surface area contributed by atoms with Crippen molar-refractivity contribution in [3.05, 3.63) is 100 Å². The van der Waals surface area contributed by atoms with Gasteiger partial charge in [-0.3, -0.25) is 4.79 Å². The molecule has 0 heterocycles. The van der Waals surface area contributed by atoms with Crippen molar-refractivity contribution in [3.8, 4) is 0 Å². The zero-order chi connectivity index (χ0) is 24.5. The molecular weight excluding hydrogens is 422 g/mol. The summed E-state index contributed by atoms with van der Waals surface area (Å²) < 4.78 is 4.72. The highest BCUT2D eigenvalue weighted by Gasteiger charge is 2.36. The van der Waals surface area contributed by atoms with Crippen LogP contribution >= 0.6 is 0 Å². The molecule has 1 aliphatic carbocycles. The molecule has 3 aromatic rings. The molecule has 4 nitrogen and oxygen atoms in total. The normalized spacial score (nSPS) is 15.8. The minimum absolute atomic E-state index is 0.158. The maximum absolute atomic E-state index is 12.9. The van der Waals surface area contributed by atoms with Crippen LogP contribution in [0.5, 0.6) is 0 Å².